The van der Waals surface area contributed by atoms with Crippen LogP contribution < -0.4 is 15.4 Å². The number of hydrogen-bond acceptors (Lipinski definition) is 6. The fourth-order valence-electron chi connectivity index (χ4n) is 2.77. The van der Waals surface area contributed by atoms with Crippen molar-refractivity contribution in [2.45, 2.75) is 13.3 Å². The molecular weight excluding hydrogens is 372 g/mol. The molecule has 0 saturated heterocycles. The highest BCUT2D eigenvalue weighted by Crippen LogP contribution is 2.30. The van der Waals surface area contributed by atoms with E-state index >= 15 is 0 Å². The van der Waals surface area contributed by atoms with E-state index in [0.29, 0.717) is 18.2 Å². The molecule has 3 rings (SSSR count). The molecule has 0 atom stereocenters. The smallest absolute Gasteiger partial charge is 0.305 e. The first kappa shape index (κ1) is 20.3. The quantitative estimate of drug-likeness (QED) is 0.302. The number of fused-ring (bicyclic) bond motifs is 1. The van der Waals surface area contributed by atoms with Crippen molar-refractivity contribution in [1.82, 2.24) is 0 Å². The van der Waals surface area contributed by atoms with Gasteiger partial charge in [0.25, 0.3) is 0 Å². The van der Waals surface area contributed by atoms with E-state index in [-0.39, 0.29) is 19.8 Å². The Kier molecular flexibility index (Phi) is 6.76. The molecule has 0 bridgehead atoms. The molecule has 0 radical (unpaired) electrons. The van der Waals surface area contributed by atoms with Gasteiger partial charge in [0.15, 0.2) is 6.73 Å². The van der Waals surface area contributed by atoms with E-state index in [4.69, 9.17) is 14.6 Å². The van der Waals surface area contributed by atoms with Gasteiger partial charge in [0, 0.05) is 16.8 Å². The lowest BCUT2D eigenvalue weighted by Gasteiger charge is -2.12. The molecule has 0 amide bonds. The maximum absolute atomic E-state index is 10.4. The van der Waals surface area contributed by atoms with Crippen LogP contribution >= 0.6 is 0 Å². The Bertz CT molecular complexity index is 973. The van der Waals surface area contributed by atoms with Gasteiger partial charge in [-0.2, -0.15) is 0 Å². The molecule has 29 heavy (non-hydrogen) atoms. The molecule has 4 N–H and O–H groups in total. The molecule has 0 aliphatic heterocycles. The summed E-state index contributed by atoms with van der Waals surface area (Å²) in [5.74, 6) is 0.146. The second-order valence-electron chi connectivity index (χ2n) is 6.53. The number of phenolic OH excluding ortho intramolecular Hbond substituents is 1. The van der Waals surface area contributed by atoms with Gasteiger partial charge in [-0.15, -0.1) is 0 Å². The number of benzene rings is 3. The third-order valence-electron chi connectivity index (χ3n) is 4.40. The normalized spacial score (nSPS) is 10.7. The first-order valence-electron chi connectivity index (χ1n) is 9.25. The number of carbonyl (C=O) groups is 1. The first-order chi connectivity index (χ1) is 14.0. The van der Waals surface area contributed by atoms with Crippen LogP contribution in [0.25, 0.3) is 10.8 Å². The average molecular weight is 396 g/mol. The summed E-state index contributed by atoms with van der Waals surface area (Å²) in [4.78, 5) is 10.4. The van der Waals surface area contributed by atoms with Crippen LogP contribution in [0.3, 0.4) is 0 Å². The maximum atomic E-state index is 10.4. The summed E-state index contributed by atoms with van der Waals surface area (Å²) in [6.07, 6.45) is -0.0144. The van der Waals surface area contributed by atoms with Gasteiger partial charge in [0.1, 0.15) is 18.2 Å². The van der Waals surface area contributed by atoms with Crippen molar-refractivity contribution in [3.8, 4) is 11.5 Å². The third-order valence-corrected chi connectivity index (χ3v) is 4.40. The number of anilines is 2. The Hall–Kier alpha value is -3.45. The summed E-state index contributed by atoms with van der Waals surface area (Å²) in [5, 5.41) is 26.7. The van der Waals surface area contributed by atoms with E-state index < -0.39 is 5.97 Å². The zero-order chi connectivity index (χ0) is 20.6. The van der Waals surface area contributed by atoms with Crippen molar-refractivity contribution in [3.63, 3.8) is 0 Å². The molecule has 0 aliphatic rings. The van der Waals surface area contributed by atoms with Gasteiger partial charge >= 0.3 is 5.97 Å². The molecular formula is C22H24N2O5. The molecule has 0 heterocycles. The molecule has 0 spiro atoms. The lowest BCUT2D eigenvalue weighted by Crippen LogP contribution is -2.10. The Morgan fingerprint density at radius 3 is 2.45 bits per heavy atom. The lowest BCUT2D eigenvalue weighted by molar-refractivity contribution is -0.138. The molecule has 7 heteroatoms. The Morgan fingerprint density at radius 2 is 1.69 bits per heavy atom. The van der Waals surface area contributed by atoms with Crippen molar-refractivity contribution in [3.05, 3.63) is 60.2 Å². The molecule has 0 saturated carbocycles. The first-order valence-corrected chi connectivity index (χ1v) is 9.25. The zero-order valence-corrected chi connectivity index (χ0v) is 16.1. The highest BCUT2D eigenvalue weighted by molar-refractivity contribution is 5.91. The highest BCUT2D eigenvalue weighted by atomic mass is 16.5. The van der Waals surface area contributed by atoms with Gasteiger partial charge in [0.05, 0.1) is 13.0 Å². The summed E-state index contributed by atoms with van der Waals surface area (Å²) in [6, 6.07) is 17.0. The molecule has 3 aromatic carbocycles. The lowest BCUT2D eigenvalue weighted by atomic mass is 10.1. The molecule has 152 valence electrons. The minimum absolute atomic E-state index is 0.0144. The van der Waals surface area contributed by atoms with Crippen molar-refractivity contribution in [2.24, 2.45) is 0 Å². The van der Waals surface area contributed by atoms with Crippen LogP contribution in [-0.2, 0) is 9.53 Å². The Balaban J connectivity index is 1.45. The summed E-state index contributed by atoms with van der Waals surface area (Å²) < 4.78 is 10.9. The SMILES string of the molecule is Cc1ccc2cc(NCOc3ccc(NCOCCC(=O)O)cc3)ccc2c1O. The van der Waals surface area contributed by atoms with Gasteiger partial charge in [-0.3, -0.25) is 4.79 Å². The van der Waals surface area contributed by atoms with Crippen LogP contribution in [0.15, 0.2) is 54.6 Å². The molecule has 0 fully saturated rings. The van der Waals surface area contributed by atoms with Crippen LogP contribution in [0.1, 0.15) is 12.0 Å². The molecule has 0 aliphatic carbocycles. The van der Waals surface area contributed by atoms with Crippen LogP contribution in [0, 0.1) is 6.92 Å². The molecule has 0 unspecified atom stereocenters. The van der Waals surface area contributed by atoms with E-state index in [1.807, 2.05) is 61.5 Å². The number of aliphatic carboxylic acids is 1. The fourth-order valence-corrected chi connectivity index (χ4v) is 2.77. The maximum Gasteiger partial charge on any atom is 0.305 e. The van der Waals surface area contributed by atoms with Gasteiger partial charge in [-0.25, -0.2) is 0 Å². The van der Waals surface area contributed by atoms with Crippen LogP contribution in [0.4, 0.5) is 11.4 Å². The number of carboxylic acid groups (broad SMARTS) is 1. The summed E-state index contributed by atoms with van der Waals surface area (Å²) >= 11 is 0. The Labute approximate surface area is 168 Å². The number of aryl methyl sites for hydroxylation is 1. The van der Waals surface area contributed by atoms with Crippen LogP contribution in [-0.4, -0.2) is 36.3 Å². The molecule has 3 aromatic rings. The van der Waals surface area contributed by atoms with Crippen molar-refractivity contribution in [2.75, 3.05) is 30.7 Å². The van der Waals surface area contributed by atoms with Crippen molar-refractivity contribution < 1.29 is 24.5 Å². The van der Waals surface area contributed by atoms with Gasteiger partial charge in [-0.1, -0.05) is 12.1 Å². The number of rotatable bonds is 10. The number of nitrogens with one attached hydrogen (secondary N) is 2. The van der Waals surface area contributed by atoms with E-state index in [9.17, 15) is 9.90 Å². The standard InChI is InChI=1S/C22H24N2O5/c1-15-2-3-16-12-18(6-9-20(16)22(15)27)24-14-29-19-7-4-17(5-8-19)23-13-28-11-10-21(25)26/h2-9,12,23-24,27H,10-11,13-14H2,1H3,(H,25,26). The van der Waals surface area contributed by atoms with E-state index in [1.54, 1.807) is 0 Å². The second kappa shape index (κ2) is 9.66. The third kappa shape index (κ3) is 5.76. The number of phenols is 1. The van der Waals surface area contributed by atoms with Gasteiger partial charge in [-0.05, 0) is 60.3 Å². The number of hydrogen-bond donors (Lipinski definition) is 4. The summed E-state index contributed by atoms with van der Waals surface area (Å²) in [6.45, 7) is 2.59. The number of carboxylic acids is 1. The predicted octanol–water partition coefficient (Wildman–Crippen LogP) is 4.16. The van der Waals surface area contributed by atoms with E-state index in [0.717, 1.165) is 27.7 Å². The van der Waals surface area contributed by atoms with Gasteiger partial charge in [0.2, 0.25) is 0 Å². The monoisotopic (exact) mass is 396 g/mol. The topological polar surface area (TPSA) is 100 Å². The fraction of sp³-hybridized carbons (Fsp3) is 0.227. The summed E-state index contributed by atoms with van der Waals surface area (Å²) in [5.41, 5.74) is 2.61. The minimum atomic E-state index is -0.878. The van der Waals surface area contributed by atoms with Crippen molar-refractivity contribution in [1.29, 1.82) is 0 Å². The average Bonchev–Trinajstić information content (AvgIpc) is 2.71. The predicted molar refractivity (Wildman–Crippen MR) is 113 cm³/mol. The number of aromatic hydroxyl groups is 1. The molecule has 7 nitrogen and oxygen atoms in total. The van der Waals surface area contributed by atoms with Crippen LogP contribution in [0.2, 0.25) is 0 Å². The van der Waals surface area contributed by atoms with Gasteiger partial charge < -0.3 is 30.3 Å². The van der Waals surface area contributed by atoms with E-state index in [2.05, 4.69) is 10.6 Å². The minimum Gasteiger partial charge on any atom is -0.507 e. The zero-order valence-electron chi connectivity index (χ0n) is 16.1. The number of ether oxygens (including phenoxy) is 2. The highest BCUT2D eigenvalue weighted by Gasteiger charge is 2.04. The van der Waals surface area contributed by atoms with E-state index in [1.165, 1.54) is 0 Å². The molecule has 0 aromatic heterocycles. The second-order valence-corrected chi connectivity index (χ2v) is 6.53. The summed E-state index contributed by atoms with van der Waals surface area (Å²) in [7, 11) is 0. The largest absolute Gasteiger partial charge is 0.507 e. The Morgan fingerprint density at radius 1 is 0.966 bits per heavy atom. The van der Waals surface area contributed by atoms with Crippen LogP contribution in [0.5, 0.6) is 11.5 Å². The van der Waals surface area contributed by atoms with Crippen molar-refractivity contribution >= 4 is 28.1 Å².